The highest BCUT2D eigenvalue weighted by molar-refractivity contribution is 5.85. The summed E-state index contributed by atoms with van der Waals surface area (Å²) >= 11 is 0. The molecule has 0 amide bonds. The number of hydrogen-bond donors (Lipinski definition) is 1. The predicted octanol–water partition coefficient (Wildman–Crippen LogP) is 2.36. The lowest BCUT2D eigenvalue weighted by Crippen LogP contribution is -2.69. The molecule has 1 N–H and O–H groups in total. The van der Waals surface area contributed by atoms with Crippen molar-refractivity contribution >= 4 is 11.3 Å². The van der Waals surface area contributed by atoms with E-state index < -0.39 is 5.60 Å². The molecule has 2 atom stereocenters. The summed E-state index contributed by atoms with van der Waals surface area (Å²) in [5.74, 6) is 1.54. The fourth-order valence-corrected chi connectivity index (χ4v) is 5.77. The van der Waals surface area contributed by atoms with Crippen LogP contribution >= 0.6 is 0 Å². The Balaban J connectivity index is 1.20. The summed E-state index contributed by atoms with van der Waals surface area (Å²) in [5.41, 5.74) is 3.32. The molecule has 2 unspecified atom stereocenters. The molecule has 3 fully saturated rings. The van der Waals surface area contributed by atoms with E-state index in [4.69, 9.17) is 9.72 Å². The SMILES string of the molecule is CN1C=C(CN2C3CC2CN(c2ccc(-c4cc(OCC(C)(C)O)cn5ncc(C#N)c45)cn2)C3)N(C)C1. The topological polar surface area (TPSA) is 96.4 Å². The average Bonchev–Trinajstić information content (AvgIpc) is 3.46. The molecule has 4 aliphatic rings. The zero-order valence-corrected chi connectivity index (χ0v) is 22.4. The first-order valence-corrected chi connectivity index (χ1v) is 13.0. The Hall–Kier alpha value is -3.81. The molecule has 3 aromatic rings. The van der Waals surface area contributed by atoms with E-state index in [1.165, 1.54) is 12.1 Å². The monoisotopic (exact) mass is 514 g/mol. The Labute approximate surface area is 222 Å². The molecule has 0 spiro atoms. The summed E-state index contributed by atoms with van der Waals surface area (Å²) in [4.78, 5) is 14.4. The van der Waals surface area contributed by atoms with Crippen LogP contribution in [0.5, 0.6) is 5.75 Å². The Kier molecular flexibility index (Phi) is 5.93. The first-order chi connectivity index (χ1) is 18.2. The van der Waals surface area contributed by atoms with Crippen LogP contribution in [0.4, 0.5) is 5.82 Å². The minimum atomic E-state index is -0.967. The van der Waals surface area contributed by atoms with Crippen LogP contribution in [-0.4, -0.2) is 99.1 Å². The van der Waals surface area contributed by atoms with Gasteiger partial charge in [-0.15, -0.1) is 0 Å². The third-order valence-corrected chi connectivity index (χ3v) is 7.67. The van der Waals surface area contributed by atoms with Gasteiger partial charge in [0.2, 0.25) is 0 Å². The standard InChI is InChI=1S/C28H34N8O2/c1-28(2,37)17-38-24-8-25(27-20(9-29)11-31-36(27)16-24)19-5-6-26(30-10-19)34-13-21-7-22(14-34)35(21)15-23-12-32(3)18-33(23)4/h5-6,8,10-12,16,21-22,37H,7,13-15,17-18H2,1-4H3. The summed E-state index contributed by atoms with van der Waals surface area (Å²) in [6.07, 6.45) is 8.66. The molecular formula is C28H34N8O2. The van der Waals surface area contributed by atoms with Crippen molar-refractivity contribution in [2.45, 2.75) is 38.0 Å². The van der Waals surface area contributed by atoms with Gasteiger partial charge >= 0.3 is 0 Å². The second-order valence-electron chi connectivity index (χ2n) is 11.4. The zero-order valence-electron chi connectivity index (χ0n) is 22.4. The number of fused-ring (bicyclic) bond motifs is 3. The normalized spacial score (nSPS) is 21.5. The van der Waals surface area contributed by atoms with Gasteiger partial charge in [-0.2, -0.15) is 10.4 Å². The van der Waals surface area contributed by atoms with Gasteiger partial charge in [-0.25, -0.2) is 9.50 Å². The highest BCUT2D eigenvalue weighted by Gasteiger charge is 2.45. The van der Waals surface area contributed by atoms with Crippen LogP contribution in [0.2, 0.25) is 0 Å². The summed E-state index contributed by atoms with van der Waals surface area (Å²) in [6, 6.07) is 9.34. The van der Waals surface area contributed by atoms with E-state index in [2.05, 4.69) is 63.2 Å². The van der Waals surface area contributed by atoms with Gasteiger partial charge in [0, 0.05) is 75.0 Å². The van der Waals surface area contributed by atoms with E-state index in [9.17, 15) is 10.4 Å². The van der Waals surface area contributed by atoms with Gasteiger partial charge in [-0.3, -0.25) is 4.90 Å². The van der Waals surface area contributed by atoms with Crippen LogP contribution in [0.25, 0.3) is 16.6 Å². The maximum atomic E-state index is 10.1. The van der Waals surface area contributed by atoms with Crippen molar-refractivity contribution in [2.24, 2.45) is 0 Å². The number of piperazine rings is 1. The summed E-state index contributed by atoms with van der Waals surface area (Å²) in [6.45, 7) is 7.44. The van der Waals surface area contributed by atoms with Crippen molar-refractivity contribution in [1.29, 1.82) is 5.26 Å². The van der Waals surface area contributed by atoms with Crippen LogP contribution < -0.4 is 9.64 Å². The number of piperidine rings is 1. The molecule has 0 saturated carbocycles. The third kappa shape index (κ3) is 4.52. The largest absolute Gasteiger partial charge is 0.489 e. The van der Waals surface area contributed by atoms with Gasteiger partial charge in [0.1, 0.15) is 24.2 Å². The second kappa shape index (κ2) is 9.19. The number of aromatic nitrogens is 3. The van der Waals surface area contributed by atoms with Crippen molar-refractivity contribution in [1.82, 2.24) is 29.3 Å². The van der Waals surface area contributed by atoms with Crippen LogP contribution in [0.15, 0.2) is 48.7 Å². The van der Waals surface area contributed by atoms with E-state index in [1.54, 1.807) is 30.8 Å². The molecule has 7 rings (SSSR count). The molecule has 38 heavy (non-hydrogen) atoms. The summed E-state index contributed by atoms with van der Waals surface area (Å²) in [5, 5.41) is 24.1. The lowest BCUT2D eigenvalue weighted by molar-refractivity contribution is 0.00379. The van der Waals surface area contributed by atoms with Crippen molar-refractivity contribution in [3.05, 3.63) is 54.3 Å². The average molecular weight is 515 g/mol. The first-order valence-electron chi connectivity index (χ1n) is 13.0. The molecule has 0 radical (unpaired) electrons. The van der Waals surface area contributed by atoms with E-state index in [0.717, 1.165) is 43.2 Å². The van der Waals surface area contributed by atoms with Gasteiger partial charge in [0.05, 0.1) is 35.7 Å². The minimum absolute atomic E-state index is 0.139. The fourth-order valence-electron chi connectivity index (χ4n) is 5.77. The van der Waals surface area contributed by atoms with E-state index in [-0.39, 0.29) is 6.61 Å². The second-order valence-corrected chi connectivity index (χ2v) is 11.4. The predicted molar refractivity (Wildman–Crippen MR) is 145 cm³/mol. The number of hydrogen-bond acceptors (Lipinski definition) is 9. The lowest BCUT2D eigenvalue weighted by atomic mass is 9.87. The van der Waals surface area contributed by atoms with E-state index >= 15 is 0 Å². The summed E-state index contributed by atoms with van der Waals surface area (Å²) in [7, 11) is 4.28. The first kappa shape index (κ1) is 24.5. The lowest BCUT2D eigenvalue weighted by Gasteiger charge is -2.57. The molecule has 3 saturated heterocycles. The van der Waals surface area contributed by atoms with E-state index in [1.807, 2.05) is 12.3 Å². The maximum Gasteiger partial charge on any atom is 0.138 e. The fraction of sp³-hybridized carbons (Fsp3) is 0.464. The maximum absolute atomic E-state index is 10.1. The van der Waals surface area contributed by atoms with Crippen LogP contribution in [0.1, 0.15) is 25.8 Å². The third-order valence-electron chi connectivity index (χ3n) is 7.67. The van der Waals surface area contributed by atoms with Crippen LogP contribution in [0.3, 0.4) is 0 Å². The molecule has 4 aliphatic heterocycles. The smallest absolute Gasteiger partial charge is 0.138 e. The van der Waals surface area contributed by atoms with E-state index in [0.29, 0.717) is 28.9 Å². The minimum Gasteiger partial charge on any atom is -0.489 e. The number of anilines is 1. The highest BCUT2D eigenvalue weighted by atomic mass is 16.5. The number of aliphatic hydroxyl groups is 1. The Bertz CT molecular complexity index is 1410. The Morgan fingerprint density at radius 3 is 2.61 bits per heavy atom. The molecule has 0 aromatic carbocycles. The quantitative estimate of drug-likeness (QED) is 0.510. The number of ether oxygens (including phenoxy) is 1. The summed E-state index contributed by atoms with van der Waals surface area (Å²) < 4.78 is 7.51. The van der Waals surface area contributed by atoms with Gasteiger partial charge in [-0.1, -0.05) is 0 Å². The van der Waals surface area contributed by atoms with Crippen molar-refractivity contribution in [3.63, 3.8) is 0 Å². The highest BCUT2D eigenvalue weighted by Crippen LogP contribution is 2.36. The zero-order chi connectivity index (χ0) is 26.6. The molecule has 0 aliphatic carbocycles. The molecule has 3 aromatic heterocycles. The van der Waals surface area contributed by atoms with Crippen molar-refractivity contribution in [3.8, 4) is 22.9 Å². The number of likely N-dealkylation sites (N-methyl/N-ethyl adjacent to an activating group) is 1. The van der Waals surface area contributed by atoms with Gasteiger partial charge in [0.25, 0.3) is 0 Å². The van der Waals surface area contributed by atoms with Gasteiger partial charge < -0.3 is 24.5 Å². The Morgan fingerprint density at radius 2 is 1.97 bits per heavy atom. The van der Waals surface area contributed by atoms with Crippen LogP contribution in [-0.2, 0) is 0 Å². The van der Waals surface area contributed by atoms with Crippen LogP contribution in [0, 0.1) is 11.3 Å². The van der Waals surface area contributed by atoms with Crippen molar-refractivity contribution in [2.75, 3.05) is 51.9 Å². The molecule has 7 heterocycles. The molecular weight excluding hydrogens is 480 g/mol. The van der Waals surface area contributed by atoms with Gasteiger partial charge in [-0.05, 0) is 38.5 Å². The number of pyridine rings is 2. The Morgan fingerprint density at radius 1 is 1.18 bits per heavy atom. The molecule has 2 bridgehead atoms. The number of nitriles is 1. The number of rotatable bonds is 7. The molecule has 10 nitrogen and oxygen atoms in total. The van der Waals surface area contributed by atoms with Gasteiger partial charge in [0.15, 0.2) is 0 Å². The number of nitrogens with zero attached hydrogens (tertiary/aromatic N) is 8. The van der Waals surface area contributed by atoms with Crippen molar-refractivity contribution < 1.29 is 9.84 Å². The molecule has 198 valence electrons. The molecule has 10 heteroatoms.